The first-order valence-electron chi connectivity index (χ1n) is 35.8. The summed E-state index contributed by atoms with van der Waals surface area (Å²) in [5, 5.41) is 31.8. The van der Waals surface area contributed by atoms with Gasteiger partial charge in [-0.3, -0.25) is 14.4 Å². The van der Waals surface area contributed by atoms with Crippen molar-refractivity contribution < 1.29 is 56.0 Å². The van der Waals surface area contributed by atoms with E-state index in [1.54, 1.807) is 47.8 Å². The molecule has 0 aliphatic rings. The van der Waals surface area contributed by atoms with E-state index in [0.717, 1.165) is 48.3 Å². The average molecular weight is 1550 g/mol. The van der Waals surface area contributed by atoms with E-state index in [0.29, 0.717) is 42.6 Å². The molecule has 5 atom stereocenters. The molecule has 5 unspecified atom stereocenters. The first-order chi connectivity index (χ1) is 47.2. The van der Waals surface area contributed by atoms with Gasteiger partial charge in [0.2, 0.25) is 8.32 Å². The number of carbonyl (C=O) groups excluding carboxylic acids is 4. The molecule has 0 heterocycles. The number of rotatable bonds is 26. The van der Waals surface area contributed by atoms with Gasteiger partial charge in [-0.2, -0.15) is 0 Å². The van der Waals surface area contributed by atoms with Crippen molar-refractivity contribution in [3.05, 3.63) is 231 Å². The number of benzene rings is 6. The quantitative estimate of drug-likeness (QED) is 0.0178. The number of aliphatic hydroxyl groups excluding tert-OH is 1. The zero-order valence-electron chi connectivity index (χ0n) is 67.6. The Bertz CT molecular complexity index is 3290. The molecule has 16 heteroatoms. The van der Waals surface area contributed by atoms with Crippen LogP contribution in [-0.4, -0.2) is 89.9 Å². The summed E-state index contributed by atoms with van der Waals surface area (Å²) in [5.41, 5.74) is 13.7. The predicted octanol–water partition coefficient (Wildman–Crippen LogP) is 23.8. The Kier molecular flexibility index (Phi) is 49.3. The van der Waals surface area contributed by atoms with Crippen molar-refractivity contribution in [1.82, 2.24) is 5.32 Å². The Morgan fingerprint density at radius 1 is 0.524 bits per heavy atom. The summed E-state index contributed by atoms with van der Waals surface area (Å²) >= 11 is -3.11. The van der Waals surface area contributed by atoms with Gasteiger partial charge in [0.25, 0.3) is 0 Å². The van der Waals surface area contributed by atoms with Gasteiger partial charge in [0.05, 0.1) is 29.2 Å². The zero-order chi connectivity index (χ0) is 79.8. The van der Waals surface area contributed by atoms with Crippen molar-refractivity contribution in [3.63, 3.8) is 0 Å². The molecule has 6 aromatic carbocycles. The summed E-state index contributed by atoms with van der Waals surface area (Å²) in [7, 11) is 20.1. The fraction of sp³-hybridized carbons (Fsp3) is 0.494. The molecule has 0 spiro atoms. The third-order valence-electron chi connectivity index (χ3n) is 15.8. The van der Waals surface area contributed by atoms with Crippen molar-refractivity contribution in [1.29, 1.82) is 0 Å². The van der Waals surface area contributed by atoms with E-state index in [1.165, 1.54) is 55.6 Å². The van der Waals surface area contributed by atoms with Gasteiger partial charge in [-0.05, 0) is 219 Å². The van der Waals surface area contributed by atoms with Crippen molar-refractivity contribution in [2.24, 2.45) is 5.92 Å². The summed E-state index contributed by atoms with van der Waals surface area (Å²) in [4.78, 5) is 44.2. The topological polar surface area (TPSA) is 159 Å². The number of nitrogens with one attached hydrogen (secondary N) is 1. The van der Waals surface area contributed by atoms with Gasteiger partial charge in [0, 0.05) is 44.4 Å². The first-order valence-corrected chi connectivity index (χ1v) is 47.8. The van der Waals surface area contributed by atoms with Gasteiger partial charge in [-0.1, -0.05) is 227 Å². The molecule has 10 nitrogen and oxygen atoms in total. The van der Waals surface area contributed by atoms with Gasteiger partial charge in [-0.15, -0.1) is 0 Å². The number of aliphatic hydroxyl groups is 3. The summed E-state index contributed by atoms with van der Waals surface area (Å²) in [5.74, 6) is 3.68. The van der Waals surface area contributed by atoms with Crippen molar-refractivity contribution in [2.75, 3.05) is 20.3 Å². The minimum absolute atomic E-state index is 0.0729. The Hall–Kier alpha value is -4.83. The molecule has 0 saturated carbocycles. The van der Waals surface area contributed by atoms with Crippen LogP contribution >= 0.6 is 37.2 Å². The molecular formula is C87H131Cl4NO9SiTi. The maximum atomic E-state index is 11.7. The van der Waals surface area contributed by atoms with Crippen LogP contribution in [0.15, 0.2) is 164 Å². The molecule has 0 radical (unpaired) electrons. The number of methoxy groups -OCH3 is 1. The van der Waals surface area contributed by atoms with Gasteiger partial charge in [0.1, 0.15) is 11.6 Å². The molecule has 6 rings (SSSR count). The van der Waals surface area contributed by atoms with Crippen LogP contribution in [0.1, 0.15) is 245 Å². The molecule has 6 aromatic rings. The molecule has 0 aliphatic heterocycles. The monoisotopic (exact) mass is 1550 g/mol. The normalized spacial score (nSPS) is 12.9. The van der Waals surface area contributed by atoms with Crippen LogP contribution in [0.5, 0.6) is 0 Å². The number of hydrogen-bond donors (Lipinski definition) is 4. The standard InChI is InChI=1S/C19H33NO.C15H22O2.C15H24OSi.C12H16O.C12H14O.C9H10O.C5H12O2.4ClH.Ti/c1-14(2)13-20-18(12-19(5,6)21)11-16(4)17-9-7-15(3)8-10-17;1-11-5-7-13(8-6-11)12(2)9-14(16)10-15(3,4)17;1-12-7-9-15(10-8-12)13(2)11-14(3)16-17(4,5)6;2*1-9-4-6-12(7-5-9)10(2)8-11(3)13;1-7-3-5-9(6-4-7)8(2)10;1-5(2,4-6)7-3;;;;;/h7-10,14,16,18,20-21H,11-13H2,1-6H3;5-8,12,17H,9-10H2,1-4H3;7-10,13H,3,11H2,1-2,4-6H3;4-7,10H,8H2,1-3H3;4-8H,1-3H3;3-6H,1-2H3;6H,4H2,1-3H3;4*1H;/q;;;;;;;;;;;+4/p-4/b;;;;10-8-;;;;;;;. The summed E-state index contributed by atoms with van der Waals surface area (Å²) in [6.45, 7) is 54.7. The first kappa shape index (κ1) is 100. The van der Waals surface area contributed by atoms with Gasteiger partial charge >= 0.3 is 49.6 Å². The molecule has 0 aliphatic carbocycles. The van der Waals surface area contributed by atoms with E-state index in [-0.39, 0.29) is 47.7 Å². The number of aryl methyl sites for hydroxylation is 6. The fourth-order valence-electron chi connectivity index (χ4n) is 9.94. The number of hydrogen-bond acceptors (Lipinski definition) is 10. The van der Waals surface area contributed by atoms with Gasteiger partial charge in [0.15, 0.2) is 11.6 Å². The number of ether oxygens (including phenoxy) is 1. The second kappa shape index (κ2) is 50.7. The number of Topliss-reactive ketones (excluding diaryl/α,β-unsaturated/α-hetero) is 3. The molecule has 0 amide bonds. The molecule has 0 fully saturated rings. The average Bonchev–Trinajstić information content (AvgIpc) is 0.897. The van der Waals surface area contributed by atoms with Crippen LogP contribution in [-0.2, 0) is 35.9 Å². The Balaban J connectivity index is 0. The predicted molar refractivity (Wildman–Crippen MR) is 443 cm³/mol. The van der Waals surface area contributed by atoms with E-state index >= 15 is 0 Å². The fourth-order valence-corrected chi connectivity index (χ4v) is 10.9. The summed E-state index contributed by atoms with van der Waals surface area (Å²) in [6, 6.07) is 50.2. The Morgan fingerprint density at radius 2 is 0.845 bits per heavy atom. The SMILES string of the molecule is C=C(CC(C)c1ccc(C)cc1)O[Si](C)(C)C.CC(=O)/C=C(/C)c1ccc(C)cc1.CC(=O)CC(C)c1ccc(C)cc1.CC(=O)c1ccc(C)cc1.COC(C)(C)CO.Cc1ccc(C(C)CC(=O)CC(C)(C)O)cc1.Cc1ccc(C(C)CC(CC(C)(C)O)NCC(C)C)cc1.[Cl][Ti]([Cl])([Cl])[Cl]. The van der Waals surface area contributed by atoms with Crippen molar-refractivity contribution in [3.8, 4) is 0 Å². The van der Waals surface area contributed by atoms with Crippen LogP contribution < -0.4 is 5.32 Å². The van der Waals surface area contributed by atoms with Crippen LogP contribution in [0.4, 0.5) is 0 Å². The van der Waals surface area contributed by atoms with E-state index in [2.05, 4.69) is 184 Å². The van der Waals surface area contributed by atoms with Crippen LogP contribution in [0.25, 0.3) is 5.57 Å². The number of allylic oxidation sites excluding steroid dienone is 3. The van der Waals surface area contributed by atoms with E-state index < -0.39 is 31.9 Å². The number of ketones is 4. The number of carbonyl (C=O) groups is 4. The second-order valence-electron chi connectivity index (χ2n) is 30.9. The zero-order valence-corrected chi connectivity index (χ0v) is 73.2. The Morgan fingerprint density at radius 3 is 1.12 bits per heavy atom. The van der Waals surface area contributed by atoms with Gasteiger partial charge in [-0.25, -0.2) is 0 Å². The molecule has 0 saturated heterocycles. The van der Waals surface area contributed by atoms with Gasteiger partial charge < -0.3 is 34.6 Å². The third-order valence-corrected chi connectivity index (χ3v) is 16.7. The molecular weight excluding hydrogens is 1420 g/mol. The van der Waals surface area contributed by atoms with Crippen molar-refractivity contribution >= 4 is 74.2 Å². The summed E-state index contributed by atoms with van der Waals surface area (Å²) in [6.07, 6.45) is 5.77. The van der Waals surface area contributed by atoms with Crippen LogP contribution in [0.3, 0.4) is 0 Å². The minimum atomic E-state index is -3.11. The third kappa shape index (κ3) is 56.2. The van der Waals surface area contributed by atoms with E-state index in [9.17, 15) is 29.4 Å². The molecule has 0 bridgehead atoms. The van der Waals surface area contributed by atoms with E-state index in [1.807, 2.05) is 111 Å². The van der Waals surface area contributed by atoms with Crippen molar-refractivity contribution in [2.45, 2.75) is 257 Å². The van der Waals surface area contributed by atoms with E-state index in [4.69, 9.17) is 51.5 Å². The van der Waals surface area contributed by atoms with Crippen LogP contribution in [0.2, 0.25) is 19.6 Å². The molecule has 103 heavy (non-hydrogen) atoms. The Labute approximate surface area is 644 Å². The summed E-state index contributed by atoms with van der Waals surface area (Å²) < 4.78 is 10.7. The molecule has 0 aromatic heterocycles. The molecule has 574 valence electrons. The second-order valence-corrected chi connectivity index (χ2v) is 50.8. The molecule has 4 N–H and O–H groups in total. The maximum absolute atomic E-state index is 11.7. The van der Waals surface area contributed by atoms with Crippen LogP contribution in [0, 0.1) is 47.5 Å². The number of halogens is 4.